The fourth-order valence-corrected chi connectivity index (χ4v) is 1.42. The van der Waals surface area contributed by atoms with Crippen molar-refractivity contribution < 1.29 is 4.74 Å². The molecule has 0 saturated carbocycles. The first-order valence-electron chi connectivity index (χ1n) is 4.56. The van der Waals surface area contributed by atoms with Crippen LogP contribution in [-0.2, 0) is 0 Å². The lowest BCUT2D eigenvalue weighted by Crippen LogP contribution is -2.15. The van der Waals surface area contributed by atoms with E-state index in [4.69, 9.17) is 4.74 Å². The first-order valence-corrected chi connectivity index (χ1v) is 4.56. The average Bonchev–Trinajstić information content (AvgIpc) is 2.69. The van der Waals surface area contributed by atoms with Crippen molar-refractivity contribution in [3.63, 3.8) is 0 Å². The summed E-state index contributed by atoms with van der Waals surface area (Å²) in [5.41, 5.74) is 0. The van der Waals surface area contributed by atoms with Gasteiger partial charge in [0, 0.05) is 24.7 Å². The summed E-state index contributed by atoms with van der Waals surface area (Å²) in [6, 6.07) is 3.66. The van der Waals surface area contributed by atoms with E-state index in [1.54, 1.807) is 6.20 Å². The Kier molecular flexibility index (Phi) is 2.72. The van der Waals surface area contributed by atoms with Crippen LogP contribution in [0.1, 0.15) is 6.42 Å². The number of nitrogens with zero attached hydrogens (tertiary/aromatic N) is 2. The molecular weight excluding hydrogens is 166 g/mol. The van der Waals surface area contributed by atoms with Crippen molar-refractivity contribution in [2.24, 2.45) is 5.92 Å². The second-order valence-electron chi connectivity index (χ2n) is 3.23. The maximum atomic E-state index is 5.48. The van der Waals surface area contributed by atoms with Crippen molar-refractivity contribution in [3.05, 3.63) is 18.3 Å². The third-order valence-corrected chi connectivity index (χ3v) is 2.18. The Labute approximate surface area is 77.3 Å². The van der Waals surface area contributed by atoms with Gasteiger partial charge in [-0.3, -0.25) is 0 Å². The van der Waals surface area contributed by atoms with E-state index in [1.807, 2.05) is 12.1 Å². The third-order valence-electron chi connectivity index (χ3n) is 2.18. The van der Waals surface area contributed by atoms with Gasteiger partial charge in [-0.05, 0) is 19.0 Å². The molecule has 1 saturated heterocycles. The van der Waals surface area contributed by atoms with Gasteiger partial charge in [-0.1, -0.05) is 0 Å². The van der Waals surface area contributed by atoms with Crippen LogP contribution in [0.3, 0.4) is 0 Å². The summed E-state index contributed by atoms with van der Waals surface area (Å²) in [6.07, 6.45) is 2.84. The van der Waals surface area contributed by atoms with Crippen LogP contribution in [0.2, 0.25) is 0 Å². The van der Waals surface area contributed by atoms with Crippen molar-refractivity contribution in [3.8, 4) is 5.88 Å². The molecule has 0 radical (unpaired) electrons. The van der Waals surface area contributed by atoms with Crippen LogP contribution in [0.15, 0.2) is 18.3 Å². The van der Waals surface area contributed by atoms with Crippen molar-refractivity contribution >= 4 is 0 Å². The summed E-state index contributed by atoms with van der Waals surface area (Å²) in [6.45, 7) is 2.90. The highest BCUT2D eigenvalue weighted by Gasteiger charge is 2.14. The topological polar surface area (TPSA) is 47.0 Å². The Balaban J connectivity index is 1.79. The van der Waals surface area contributed by atoms with Crippen LogP contribution in [-0.4, -0.2) is 29.9 Å². The van der Waals surface area contributed by atoms with Gasteiger partial charge in [0.1, 0.15) is 0 Å². The molecule has 0 aromatic carbocycles. The van der Waals surface area contributed by atoms with Gasteiger partial charge in [-0.25, -0.2) is 0 Å². The molecule has 70 valence electrons. The molecular formula is C9H13N3O. The second-order valence-corrected chi connectivity index (χ2v) is 3.23. The highest BCUT2D eigenvalue weighted by molar-refractivity contribution is 5.05. The van der Waals surface area contributed by atoms with E-state index in [-0.39, 0.29) is 0 Å². The van der Waals surface area contributed by atoms with Gasteiger partial charge in [0.25, 0.3) is 0 Å². The molecule has 1 aliphatic heterocycles. The molecule has 1 aliphatic rings. The van der Waals surface area contributed by atoms with Gasteiger partial charge in [0.15, 0.2) is 0 Å². The van der Waals surface area contributed by atoms with Gasteiger partial charge < -0.3 is 10.1 Å². The lowest BCUT2D eigenvalue weighted by atomic mass is 10.1. The molecule has 1 atom stereocenters. The minimum atomic E-state index is 0.620. The molecule has 13 heavy (non-hydrogen) atoms. The van der Waals surface area contributed by atoms with Crippen molar-refractivity contribution in [1.29, 1.82) is 0 Å². The zero-order valence-electron chi connectivity index (χ0n) is 7.44. The third kappa shape index (κ3) is 2.39. The Hall–Kier alpha value is -1.16. The largest absolute Gasteiger partial charge is 0.476 e. The Morgan fingerprint density at radius 1 is 1.62 bits per heavy atom. The van der Waals surface area contributed by atoms with Gasteiger partial charge in [0.05, 0.1) is 6.61 Å². The average molecular weight is 179 g/mol. The zero-order chi connectivity index (χ0) is 8.93. The van der Waals surface area contributed by atoms with Crippen molar-refractivity contribution in [2.45, 2.75) is 6.42 Å². The van der Waals surface area contributed by atoms with Crippen LogP contribution in [0.4, 0.5) is 0 Å². The minimum absolute atomic E-state index is 0.620. The molecule has 1 fully saturated rings. The number of hydrogen-bond donors (Lipinski definition) is 1. The normalized spacial score (nSPS) is 21.7. The zero-order valence-corrected chi connectivity index (χ0v) is 7.44. The SMILES string of the molecule is c1cnnc(OCC2CCNC2)c1. The maximum absolute atomic E-state index is 5.48. The van der Waals surface area contributed by atoms with Gasteiger partial charge in [0.2, 0.25) is 5.88 Å². The molecule has 0 aliphatic carbocycles. The van der Waals surface area contributed by atoms with E-state index >= 15 is 0 Å². The molecule has 2 rings (SSSR count). The molecule has 1 aromatic heterocycles. The van der Waals surface area contributed by atoms with Crippen molar-refractivity contribution in [1.82, 2.24) is 15.5 Å². The maximum Gasteiger partial charge on any atom is 0.233 e. The van der Waals surface area contributed by atoms with Crippen LogP contribution < -0.4 is 10.1 Å². The molecule has 0 amide bonds. The lowest BCUT2D eigenvalue weighted by Gasteiger charge is -2.08. The first-order chi connectivity index (χ1) is 6.45. The smallest absolute Gasteiger partial charge is 0.233 e. The van der Waals surface area contributed by atoms with Gasteiger partial charge in [-0.15, -0.1) is 5.10 Å². The summed E-state index contributed by atoms with van der Waals surface area (Å²) >= 11 is 0. The quantitative estimate of drug-likeness (QED) is 0.732. The summed E-state index contributed by atoms with van der Waals surface area (Å²) in [5.74, 6) is 1.25. The fraction of sp³-hybridized carbons (Fsp3) is 0.556. The number of rotatable bonds is 3. The summed E-state index contributed by atoms with van der Waals surface area (Å²) in [5, 5.41) is 10.9. The monoisotopic (exact) mass is 179 g/mol. The van der Waals surface area contributed by atoms with Crippen LogP contribution >= 0.6 is 0 Å². The minimum Gasteiger partial charge on any atom is -0.476 e. The van der Waals surface area contributed by atoms with E-state index in [9.17, 15) is 0 Å². The molecule has 0 spiro atoms. The predicted molar refractivity (Wildman–Crippen MR) is 48.5 cm³/mol. The van der Waals surface area contributed by atoms with Crippen LogP contribution in [0.25, 0.3) is 0 Å². The molecule has 1 unspecified atom stereocenters. The number of aromatic nitrogens is 2. The van der Waals surface area contributed by atoms with Crippen LogP contribution in [0, 0.1) is 5.92 Å². The molecule has 4 heteroatoms. The van der Waals surface area contributed by atoms with Crippen LogP contribution in [0.5, 0.6) is 5.88 Å². The molecule has 1 N–H and O–H groups in total. The predicted octanol–water partition coefficient (Wildman–Crippen LogP) is 0.465. The fourth-order valence-electron chi connectivity index (χ4n) is 1.42. The molecule has 1 aromatic rings. The molecule has 4 nitrogen and oxygen atoms in total. The summed E-state index contributed by atoms with van der Waals surface area (Å²) < 4.78 is 5.48. The molecule has 2 heterocycles. The Bertz CT molecular complexity index is 246. The summed E-state index contributed by atoms with van der Waals surface area (Å²) in [4.78, 5) is 0. The van der Waals surface area contributed by atoms with E-state index in [1.165, 1.54) is 6.42 Å². The Morgan fingerprint density at radius 3 is 3.31 bits per heavy atom. The molecule has 0 bridgehead atoms. The summed E-state index contributed by atoms with van der Waals surface area (Å²) in [7, 11) is 0. The second kappa shape index (κ2) is 4.18. The first kappa shape index (κ1) is 8.44. The van der Waals surface area contributed by atoms with E-state index in [2.05, 4.69) is 15.5 Å². The standard InChI is InChI=1S/C9H13N3O/c1-2-9(12-11-4-1)13-7-8-3-5-10-6-8/h1-2,4,8,10H,3,5-7H2. The van der Waals surface area contributed by atoms with E-state index < -0.39 is 0 Å². The van der Waals surface area contributed by atoms with Gasteiger partial charge >= 0.3 is 0 Å². The van der Waals surface area contributed by atoms with E-state index in [0.717, 1.165) is 19.7 Å². The van der Waals surface area contributed by atoms with E-state index in [0.29, 0.717) is 11.8 Å². The number of nitrogens with one attached hydrogen (secondary N) is 1. The number of ether oxygens (including phenoxy) is 1. The van der Waals surface area contributed by atoms with Gasteiger partial charge in [-0.2, -0.15) is 5.10 Å². The lowest BCUT2D eigenvalue weighted by molar-refractivity contribution is 0.248. The highest BCUT2D eigenvalue weighted by Crippen LogP contribution is 2.10. The Morgan fingerprint density at radius 2 is 2.62 bits per heavy atom. The highest BCUT2D eigenvalue weighted by atomic mass is 16.5. The van der Waals surface area contributed by atoms with Crippen molar-refractivity contribution in [2.75, 3.05) is 19.7 Å². The number of hydrogen-bond acceptors (Lipinski definition) is 4.